The van der Waals surface area contributed by atoms with E-state index in [9.17, 15) is 14.4 Å². The summed E-state index contributed by atoms with van der Waals surface area (Å²) in [6.07, 6.45) is 10.6. The molecule has 24 heavy (non-hydrogen) atoms. The Morgan fingerprint density at radius 2 is 1.75 bits per heavy atom. The average Bonchev–Trinajstić information content (AvgIpc) is 3.16. The lowest BCUT2D eigenvalue weighted by Crippen LogP contribution is -2.46. The number of esters is 1. The number of hydrogen-bond donors (Lipinski definition) is 2. The summed E-state index contributed by atoms with van der Waals surface area (Å²) in [5.74, 6) is 0.992. The maximum Gasteiger partial charge on any atom is 0.321 e. The van der Waals surface area contributed by atoms with E-state index in [2.05, 4.69) is 10.6 Å². The fourth-order valence-corrected chi connectivity index (χ4v) is 4.68. The molecule has 0 unspecified atom stereocenters. The van der Waals surface area contributed by atoms with E-state index in [-0.39, 0.29) is 18.6 Å². The molecule has 3 aliphatic rings. The molecule has 0 saturated heterocycles. The van der Waals surface area contributed by atoms with Gasteiger partial charge in [-0.15, -0.1) is 0 Å². The van der Waals surface area contributed by atoms with E-state index in [1.54, 1.807) is 0 Å². The van der Waals surface area contributed by atoms with E-state index >= 15 is 0 Å². The van der Waals surface area contributed by atoms with E-state index in [0.29, 0.717) is 18.3 Å². The third-order valence-electron chi connectivity index (χ3n) is 5.87. The number of imide groups is 1. The Bertz CT molecular complexity index is 487. The lowest BCUT2D eigenvalue weighted by molar-refractivity contribution is -0.149. The predicted octanol–water partition coefficient (Wildman–Crippen LogP) is 2.51. The van der Waals surface area contributed by atoms with E-state index in [4.69, 9.17) is 4.74 Å². The fraction of sp³-hybridized carbons (Fsp3) is 0.833. The molecule has 134 valence electrons. The Labute approximate surface area is 143 Å². The Hall–Kier alpha value is -1.59. The SMILES string of the molecule is O=C(COC(=O)C[C@H]1C[C@H]2CC[C@@H]1C2)NC(=O)NC1CCCCC1. The van der Waals surface area contributed by atoms with Crippen LogP contribution in [0.3, 0.4) is 0 Å². The van der Waals surface area contributed by atoms with Crippen molar-refractivity contribution in [3.8, 4) is 0 Å². The van der Waals surface area contributed by atoms with Crippen molar-refractivity contribution in [2.75, 3.05) is 6.61 Å². The molecular formula is C18H28N2O4. The number of amides is 3. The second-order valence-corrected chi connectivity index (χ2v) is 7.66. The van der Waals surface area contributed by atoms with Crippen molar-refractivity contribution in [3.63, 3.8) is 0 Å². The lowest BCUT2D eigenvalue weighted by Gasteiger charge is -2.22. The molecule has 3 aliphatic carbocycles. The van der Waals surface area contributed by atoms with Crippen molar-refractivity contribution >= 4 is 17.9 Å². The van der Waals surface area contributed by atoms with Crippen molar-refractivity contribution in [2.24, 2.45) is 17.8 Å². The zero-order chi connectivity index (χ0) is 16.9. The fourth-order valence-electron chi connectivity index (χ4n) is 4.68. The van der Waals surface area contributed by atoms with Crippen molar-refractivity contribution in [2.45, 2.75) is 70.3 Å². The van der Waals surface area contributed by atoms with Crippen LogP contribution in [0.4, 0.5) is 4.79 Å². The Balaban J connectivity index is 1.30. The number of rotatable bonds is 5. The van der Waals surface area contributed by atoms with Crippen molar-refractivity contribution in [1.82, 2.24) is 10.6 Å². The monoisotopic (exact) mass is 336 g/mol. The first kappa shape index (κ1) is 17.2. The highest BCUT2D eigenvalue weighted by Crippen LogP contribution is 2.49. The molecule has 2 bridgehead atoms. The third-order valence-corrected chi connectivity index (χ3v) is 5.87. The van der Waals surface area contributed by atoms with Gasteiger partial charge in [-0.2, -0.15) is 0 Å². The molecule has 3 amide bonds. The topological polar surface area (TPSA) is 84.5 Å². The van der Waals surface area contributed by atoms with Crippen LogP contribution in [0.25, 0.3) is 0 Å². The van der Waals surface area contributed by atoms with Crippen molar-refractivity contribution < 1.29 is 19.1 Å². The zero-order valence-corrected chi connectivity index (χ0v) is 14.2. The second kappa shape index (κ2) is 7.99. The quantitative estimate of drug-likeness (QED) is 0.756. The zero-order valence-electron chi connectivity index (χ0n) is 14.2. The highest BCUT2D eigenvalue weighted by Gasteiger charge is 2.40. The number of carbonyl (C=O) groups excluding carboxylic acids is 3. The molecule has 0 aromatic rings. The molecule has 3 saturated carbocycles. The van der Waals surface area contributed by atoms with Crippen LogP contribution in [0.1, 0.15) is 64.2 Å². The van der Waals surface area contributed by atoms with Crippen LogP contribution in [-0.4, -0.2) is 30.6 Å². The third kappa shape index (κ3) is 4.71. The molecular weight excluding hydrogens is 308 g/mol. The van der Waals surface area contributed by atoms with Gasteiger partial charge in [0.15, 0.2) is 6.61 Å². The summed E-state index contributed by atoms with van der Waals surface area (Å²) in [7, 11) is 0. The number of hydrogen-bond acceptors (Lipinski definition) is 4. The molecule has 0 spiro atoms. The molecule has 3 rings (SSSR count). The summed E-state index contributed by atoms with van der Waals surface area (Å²) in [4.78, 5) is 35.3. The molecule has 0 radical (unpaired) electrons. The summed E-state index contributed by atoms with van der Waals surface area (Å²) in [5.41, 5.74) is 0. The maximum absolute atomic E-state index is 11.9. The minimum Gasteiger partial charge on any atom is -0.456 e. The van der Waals surface area contributed by atoms with Gasteiger partial charge in [0.2, 0.25) is 0 Å². The van der Waals surface area contributed by atoms with Gasteiger partial charge in [-0.05, 0) is 49.9 Å². The summed E-state index contributed by atoms with van der Waals surface area (Å²) < 4.78 is 5.03. The first-order chi connectivity index (χ1) is 11.6. The summed E-state index contributed by atoms with van der Waals surface area (Å²) in [6.45, 7) is -0.377. The first-order valence-corrected chi connectivity index (χ1v) is 9.36. The summed E-state index contributed by atoms with van der Waals surface area (Å²) >= 11 is 0. The summed E-state index contributed by atoms with van der Waals surface area (Å²) in [6, 6.07) is -0.344. The van der Waals surface area contributed by atoms with Gasteiger partial charge >= 0.3 is 12.0 Å². The highest BCUT2D eigenvalue weighted by molar-refractivity contribution is 5.95. The number of carbonyl (C=O) groups is 3. The lowest BCUT2D eigenvalue weighted by atomic mass is 9.86. The maximum atomic E-state index is 11.9. The van der Waals surface area contributed by atoms with Gasteiger partial charge in [0.25, 0.3) is 5.91 Å². The van der Waals surface area contributed by atoms with Crippen molar-refractivity contribution in [3.05, 3.63) is 0 Å². The van der Waals surface area contributed by atoms with Crippen LogP contribution < -0.4 is 10.6 Å². The Kier molecular flexibility index (Phi) is 5.74. The van der Waals surface area contributed by atoms with Crippen LogP contribution >= 0.6 is 0 Å². The summed E-state index contributed by atoms with van der Waals surface area (Å²) in [5, 5.41) is 5.04. The van der Waals surface area contributed by atoms with Gasteiger partial charge in [-0.3, -0.25) is 14.9 Å². The van der Waals surface area contributed by atoms with Crippen LogP contribution in [-0.2, 0) is 14.3 Å². The van der Waals surface area contributed by atoms with Crippen LogP contribution in [0.5, 0.6) is 0 Å². The smallest absolute Gasteiger partial charge is 0.321 e. The largest absolute Gasteiger partial charge is 0.456 e. The number of ether oxygens (including phenoxy) is 1. The van der Waals surface area contributed by atoms with Crippen LogP contribution in [0, 0.1) is 17.8 Å². The van der Waals surface area contributed by atoms with Crippen LogP contribution in [0.15, 0.2) is 0 Å². The van der Waals surface area contributed by atoms with Gasteiger partial charge in [0, 0.05) is 12.5 Å². The molecule has 0 aliphatic heterocycles. The second-order valence-electron chi connectivity index (χ2n) is 7.66. The Morgan fingerprint density at radius 3 is 2.42 bits per heavy atom. The first-order valence-electron chi connectivity index (χ1n) is 9.36. The standard InChI is InChI=1S/C18H28N2O4/c21-16(20-18(23)19-15-4-2-1-3-5-15)11-24-17(22)10-14-9-12-6-7-13(14)8-12/h12-15H,1-11H2,(H2,19,20,21,23)/t12-,13+,14+/m0/s1. The number of fused-ring (bicyclic) bond motifs is 2. The average molecular weight is 336 g/mol. The predicted molar refractivity (Wildman–Crippen MR) is 88.1 cm³/mol. The van der Waals surface area contributed by atoms with E-state index in [0.717, 1.165) is 38.0 Å². The van der Waals surface area contributed by atoms with Gasteiger partial charge in [0.1, 0.15) is 0 Å². The molecule has 0 heterocycles. The molecule has 2 N–H and O–H groups in total. The van der Waals surface area contributed by atoms with E-state index < -0.39 is 11.9 Å². The van der Waals surface area contributed by atoms with Gasteiger partial charge in [-0.25, -0.2) is 4.79 Å². The van der Waals surface area contributed by atoms with E-state index in [1.165, 1.54) is 25.7 Å². The molecule has 3 atom stereocenters. The van der Waals surface area contributed by atoms with Crippen LogP contribution in [0.2, 0.25) is 0 Å². The molecule has 0 aromatic carbocycles. The normalized spacial score (nSPS) is 29.2. The Morgan fingerprint density at radius 1 is 0.958 bits per heavy atom. The van der Waals surface area contributed by atoms with Gasteiger partial charge in [0.05, 0.1) is 0 Å². The van der Waals surface area contributed by atoms with Gasteiger partial charge in [-0.1, -0.05) is 25.7 Å². The van der Waals surface area contributed by atoms with Crippen molar-refractivity contribution in [1.29, 1.82) is 0 Å². The minimum absolute atomic E-state index is 0.145. The molecule has 6 heteroatoms. The number of urea groups is 1. The molecule has 3 fully saturated rings. The number of nitrogens with one attached hydrogen (secondary N) is 2. The van der Waals surface area contributed by atoms with E-state index in [1.807, 2.05) is 0 Å². The molecule has 0 aromatic heterocycles. The van der Waals surface area contributed by atoms with Gasteiger partial charge < -0.3 is 10.1 Å². The minimum atomic E-state index is -0.565. The molecule has 6 nitrogen and oxygen atoms in total. The highest BCUT2D eigenvalue weighted by atomic mass is 16.5.